The maximum absolute atomic E-state index is 12.9. The first-order valence-corrected chi connectivity index (χ1v) is 8.60. The quantitative estimate of drug-likeness (QED) is 0.854. The molecule has 2 saturated heterocycles. The molecule has 1 aromatic rings. The Kier molecular flexibility index (Phi) is 3.53. The predicted octanol–water partition coefficient (Wildman–Crippen LogP) is 2.45. The van der Waals surface area contributed by atoms with E-state index >= 15 is 0 Å². The first kappa shape index (κ1) is 15.8. The highest BCUT2D eigenvalue weighted by Gasteiger charge is 2.56. The minimum atomic E-state index is 0.0834. The van der Waals surface area contributed by atoms with Crippen LogP contribution in [0.5, 0.6) is 11.5 Å². The second kappa shape index (κ2) is 5.38. The maximum Gasteiger partial charge on any atom is 0.223 e. The molecule has 0 aliphatic carbocycles. The van der Waals surface area contributed by atoms with Crippen LogP contribution >= 0.6 is 0 Å². The Hall–Kier alpha value is -1.75. The molecule has 5 heteroatoms. The molecule has 130 valence electrons. The summed E-state index contributed by atoms with van der Waals surface area (Å²) < 4.78 is 16.7. The third-order valence-corrected chi connectivity index (χ3v) is 6.25. The predicted molar refractivity (Wildman–Crippen MR) is 89.5 cm³/mol. The smallest absolute Gasteiger partial charge is 0.223 e. The van der Waals surface area contributed by atoms with Crippen molar-refractivity contribution >= 4 is 5.91 Å². The lowest BCUT2D eigenvalue weighted by atomic mass is 9.71. The van der Waals surface area contributed by atoms with Crippen molar-refractivity contribution in [2.45, 2.75) is 26.2 Å². The lowest BCUT2D eigenvalue weighted by Gasteiger charge is -2.29. The van der Waals surface area contributed by atoms with Gasteiger partial charge in [0.05, 0.1) is 26.9 Å². The van der Waals surface area contributed by atoms with E-state index in [9.17, 15) is 4.79 Å². The summed E-state index contributed by atoms with van der Waals surface area (Å²) in [6, 6.07) is 5.86. The van der Waals surface area contributed by atoms with Crippen LogP contribution in [0.2, 0.25) is 0 Å². The van der Waals surface area contributed by atoms with Crippen LogP contribution in [0.4, 0.5) is 0 Å². The number of carbonyl (C=O) groups excluding carboxylic acids is 1. The molecule has 3 aliphatic rings. The van der Waals surface area contributed by atoms with Gasteiger partial charge in [0.25, 0.3) is 0 Å². The van der Waals surface area contributed by atoms with Crippen LogP contribution in [0.3, 0.4) is 0 Å². The summed E-state index contributed by atoms with van der Waals surface area (Å²) in [7, 11) is 1.65. The molecule has 0 bridgehead atoms. The van der Waals surface area contributed by atoms with Crippen molar-refractivity contribution in [2.24, 2.45) is 10.8 Å². The van der Waals surface area contributed by atoms with Crippen LogP contribution < -0.4 is 9.47 Å². The van der Waals surface area contributed by atoms with Crippen molar-refractivity contribution in [3.05, 3.63) is 23.8 Å². The molecule has 3 heterocycles. The molecule has 3 aliphatic heterocycles. The van der Waals surface area contributed by atoms with Gasteiger partial charge < -0.3 is 19.1 Å². The van der Waals surface area contributed by atoms with E-state index in [4.69, 9.17) is 14.2 Å². The Morgan fingerprint density at radius 3 is 2.67 bits per heavy atom. The van der Waals surface area contributed by atoms with Gasteiger partial charge in [-0.15, -0.1) is 0 Å². The number of fused-ring (bicyclic) bond motifs is 2. The number of hydrogen-bond donors (Lipinski definition) is 0. The number of benzene rings is 1. The summed E-state index contributed by atoms with van der Waals surface area (Å²) in [4.78, 5) is 14.9. The molecule has 0 N–H and O–H groups in total. The van der Waals surface area contributed by atoms with Gasteiger partial charge in [0, 0.05) is 47.9 Å². The monoisotopic (exact) mass is 331 g/mol. The summed E-state index contributed by atoms with van der Waals surface area (Å²) in [6.45, 7) is 8.16. The highest BCUT2D eigenvalue weighted by atomic mass is 16.5. The van der Waals surface area contributed by atoms with Gasteiger partial charge in [0.2, 0.25) is 5.91 Å². The second-order valence-electron chi connectivity index (χ2n) is 7.98. The van der Waals surface area contributed by atoms with Gasteiger partial charge in [0.15, 0.2) is 0 Å². The largest absolute Gasteiger partial charge is 0.497 e. The zero-order valence-corrected chi connectivity index (χ0v) is 14.6. The van der Waals surface area contributed by atoms with Gasteiger partial charge in [-0.2, -0.15) is 0 Å². The van der Waals surface area contributed by atoms with Gasteiger partial charge in [-0.3, -0.25) is 4.79 Å². The van der Waals surface area contributed by atoms with E-state index in [0.717, 1.165) is 43.4 Å². The fourth-order valence-electron chi connectivity index (χ4n) is 4.29. The van der Waals surface area contributed by atoms with Crippen LogP contribution in [0, 0.1) is 10.8 Å². The number of hydrogen-bond acceptors (Lipinski definition) is 4. The van der Waals surface area contributed by atoms with E-state index in [1.807, 2.05) is 23.1 Å². The Morgan fingerprint density at radius 2 is 2.00 bits per heavy atom. The average Bonchev–Trinajstić information content (AvgIpc) is 3.15. The van der Waals surface area contributed by atoms with E-state index in [-0.39, 0.29) is 22.7 Å². The second-order valence-corrected chi connectivity index (χ2v) is 7.98. The number of nitrogens with zero attached hydrogens (tertiary/aromatic N) is 1. The number of ether oxygens (including phenoxy) is 3. The van der Waals surface area contributed by atoms with Gasteiger partial charge in [0.1, 0.15) is 11.5 Å². The molecule has 0 aromatic heterocycles. The minimum Gasteiger partial charge on any atom is -0.497 e. The molecule has 0 radical (unpaired) electrons. The zero-order valence-electron chi connectivity index (χ0n) is 14.6. The molecule has 0 spiro atoms. The maximum atomic E-state index is 12.9. The molecular formula is C19H25NO4. The molecule has 24 heavy (non-hydrogen) atoms. The molecule has 1 unspecified atom stereocenters. The fraction of sp³-hybridized carbons (Fsp3) is 0.632. The number of amides is 1. The average molecular weight is 331 g/mol. The molecule has 4 rings (SSSR count). The van der Waals surface area contributed by atoms with E-state index < -0.39 is 0 Å². The summed E-state index contributed by atoms with van der Waals surface area (Å²) in [5.41, 5.74) is 1.28. The Bertz CT molecular complexity index is 657. The first-order chi connectivity index (χ1) is 11.4. The summed E-state index contributed by atoms with van der Waals surface area (Å²) >= 11 is 0. The number of carbonyl (C=O) groups is 1. The van der Waals surface area contributed by atoms with Gasteiger partial charge in [-0.25, -0.2) is 0 Å². The number of methoxy groups -OCH3 is 1. The Labute approximate surface area is 142 Å². The van der Waals surface area contributed by atoms with Gasteiger partial charge >= 0.3 is 0 Å². The molecule has 5 nitrogen and oxygen atoms in total. The topological polar surface area (TPSA) is 48.0 Å². The van der Waals surface area contributed by atoms with Crippen LogP contribution in [0.1, 0.15) is 31.7 Å². The van der Waals surface area contributed by atoms with E-state index in [1.165, 1.54) is 0 Å². The van der Waals surface area contributed by atoms with E-state index in [2.05, 4.69) is 13.8 Å². The van der Waals surface area contributed by atoms with E-state index in [1.54, 1.807) is 7.11 Å². The Balaban J connectivity index is 1.45. The van der Waals surface area contributed by atoms with Crippen molar-refractivity contribution in [3.63, 3.8) is 0 Å². The standard InChI is InChI=1S/C19H25NO4/c1-18-9-20(10-19(18,2)12-23-11-18)17(21)6-13-8-24-16-7-14(22-3)4-5-15(13)16/h4-5,7,13H,6,8-12H2,1-3H3/t13?,18-,19+. The number of likely N-dealkylation sites (tertiary alicyclic amines) is 1. The first-order valence-electron chi connectivity index (χ1n) is 8.60. The highest BCUT2D eigenvalue weighted by Crippen LogP contribution is 2.51. The van der Waals surface area contributed by atoms with Crippen molar-refractivity contribution in [3.8, 4) is 11.5 Å². The van der Waals surface area contributed by atoms with Crippen molar-refractivity contribution < 1.29 is 19.0 Å². The lowest BCUT2D eigenvalue weighted by molar-refractivity contribution is -0.131. The van der Waals surface area contributed by atoms with Crippen LogP contribution in [0.15, 0.2) is 18.2 Å². The van der Waals surface area contributed by atoms with Crippen LogP contribution in [-0.2, 0) is 9.53 Å². The normalized spacial score (nSPS) is 34.0. The molecule has 0 saturated carbocycles. The summed E-state index contributed by atoms with van der Waals surface area (Å²) in [5.74, 6) is 1.99. The molecular weight excluding hydrogens is 306 g/mol. The summed E-state index contributed by atoms with van der Waals surface area (Å²) in [5, 5.41) is 0. The molecule has 1 aromatic carbocycles. The third-order valence-electron chi connectivity index (χ3n) is 6.25. The van der Waals surface area contributed by atoms with Gasteiger partial charge in [-0.05, 0) is 6.07 Å². The number of rotatable bonds is 3. The summed E-state index contributed by atoms with van der Waals surface area (Å²) in [6.07, 6.45) is 0.506. The van der Waals surface area contributed by atoms with Crippen molar-refractivity contribution in [1.29, 1.82) is 0 Å². The lowest BCUT2D eigenvalue weighted by Crippen LogP contribution is -2.34. The van der Waals surface area contributed by atoms with Gasteiger partial charge in [-0.1, -0.05) is 19.9 Å². The third kappa shape index (κ3) is 2.29. The minimum absolute atomic E-state index is 0.0834. The Morgan fingerprint density at radius 1 is 1.29 bits per heavy atom. The van der Waals surface area contributed by atoms with Crippen LogP contribution in [-0.4, -0.2) is 50.8 Å². The van der Waals surface area contributed by atoms with E-state index in [0.29, 0.717) is 13.0 Å². The molecule has 2 fully saturated rings. The van der Waals surface area contributed by atoms with Crippen LogP contribution in [0.25, 0.3) is 0 Å². The SMILES string of the molecule is COc1ccc2c(c1)OCC2CC(=O)N1C[C@]2(C)COC[C@]2(C)C1. The molecule has 1 amide bonds. The zero-order chi connectivity index (χ0) is 16.9. The fourth-order valence-corrected chi connectivity index (χ4v) is 4.29. The van der Waals surface area contributed by atoms with Crippen molar-refractivity contribution in [1.82, 2.24) is 4.90 Å². The van der Waals surface area contributed by atoms with Crippen molar-refractivity contribution in [2.75, 3.05) is 40.0 Å². The highest BCUT2D eigenvalue weighted by molar-refractivity contribution is 5.78. The molecule has 3 atom stereocenters.